The van der Waals surface area contributed by atoms with Crippen LogP contribution in [0.5, 0.6) is 0 Å². The lowest BCUT2D eigenvalue weighted by Crippen LogP contribution is -2.35. The molecule has 0 aromatic carbocycles. The first kappa shape index (κ1) is 11.2. The Balaban J connectivity index is 2.03. The second-order valence-corrected chi connectivity index (χ2v) is 4.83. The molecule has 0 aliphatic heterocycles. The van der Waals surface area contributed by atoms with Crippen molar-refractivity contribution in [2.24, 2.45) is 11.8 Å². The van der Waals surface area contributed by atoms with Crippen molar-refractivity contribution in [3.8, 4) is 0 Å². The molecule has 0 unspecified atom stereocenters. The highest BCUT2D eigenvalue weighted by molar-refractivity contribution is 5.19. The van der Waals surface area contributed by atoms with Crippen LogP contribution in [0.15, 0.2) is 12.2 Å². The Morgan fingerprint density at radius 3 is 2.93 bits per heavy atom. The molecule has 15 heavy (non-hydrogen) atoms. The molecule has 0 aromatic rings. The summed E-state index contributed by atoms with van der Waals surface area (Å²) in [6.07, 6.45) is 9.78. The fourth-order valence-electron chi connectivity index (χ4n) is 3.39. The van der Waals surface area contributed by atoms with Gasteiger partial charge in [0, 0.05) is 18.6 Å². The van der Waals surface area contributed by atoms with Crippen molar-refractivity contribution in [3.05, 3.63) is 12.2 Å². The second kappa shape index (κ2) is 4.67. The van der Waals surface area contributed by atoms with Crippen LogP contribution in [0.25, 0.3) is 0 Å². The van der Waals surface area contributed by atoms with E-state index in [0.717, 1.165) is 25.0 Å². The maximum atomic E-state index is 5.35. The molecule has 2 aliphatic rings. The van der Waals surface area contributed by atoms with Crippen molar-refractivity contribution in [2.45, 2.75) is 38.1 Å². The number of hydrogen-bond acceptors (Lipinski definition) is 2. The monoisotopic (exact) mass is 209 g/mol. The quantitative estimate of drug-likeness (QED) is 0.718. The summed E-state index contributed by atoms with van der Waals surface area (Å²) >= 11 is 0. The molecule has 2 aliphatic carbocycles. The van der Waals surface area contributed by atoms with Crippen molar-refractivity contribution in [2.75, 3.05) is 20.3 Å². The molecule has 86 valence electrons. The van der Waals surface area contributed by atoms with Gasteiger partial charge in [-0.15, -0.1) is 0 Å². The minimum absolute atomic E-state index is 0.412. The lowest BCUT2D eigenvalue weighted by Gasteiger charge is -2.20. The van der Waals surface area contributed by atoms with Gasteiger partial charge in [-0.05, 0) is 38.1 Å². The maximum absolute atomic E-state index is 5.35. The summed E-state index contributed by atoms with van der Waals surface area (Å²) in [5, 5.41) is 3.72. The van der Waals surface area contributed by atoms with Crippen LogP contribution < -0.4 is 5.32 Å². The van der Waals surface area contributed by atoms with Gasteiger partial charge < -0.3 is 10.1 Å². The van der Waals surface area contributed by atoms with Gasteiger partial charge >= 0.3 is 0 Å². The van der Waals surface area contributed by atoms with E-state index < -0.39 is 0 Å². The Bertz CT molecular complexity index is 239. The Kier molecular flexibility index (Phi) is 3.47. The number of rotatable bonds is 4. The maximum Gasteiger partial charge on any atom is 0.0511 e. The molecule has 2 rings (SSSR count). The molecule has 1 saturated carbocycles. The fourth-order valence-corrected chi connectivity index (χ4v) is 3.39. The number of hydrogen-bond donors (Lipinski definition) is 1. The van der Waals surface area contributed by atoms with Gasteiger partial charge in [-0.25, -0.2) is 0 Å². The minimum Gasteiger partial charge on any atom is -0.384 e. The van der Waals surface area contributed by atoms with E-state index in [-0.39, 0.29) is 0 Å². The fraction of sp³-hybridized carbons (Fsp3) is 0.846. The first-order chi connectivity index (χ1) is 7.35. The van der Waals surface area contributed by atoms with Gasteiger partial charge in [0.1, 0.15) is 0 Å². The Labute approximate surface area is 93.1 Å². The predicted molar refractivity (Wildman–Crippen MR) is 62.9 cm³/mol. The first-order valence-corrected chi connectivity index (χ1v) is 6.24. The summed E-state index contributed by atoms with van der Waals surface area (Å²) in [6, 6.07) is 0. The summed E-state index contributed by atoms with van der Waals surface area (Å²) in [7, 11) is 1.82. The van der Waals surface area contributed by atoms with Crippen LogP contribution in [-0.2, 0) is 4.74 Å². The smallest absolute Gasteiger partial charge is 0.0511 e. The molecule has 2 nitrogen and oxygen atoms in total. The number of fused-ring (bicyclic) bond motifs is 1. The van der Waals surface area contributed by atoms with E-state index in [1.54, 1.807) is 0 Å². The molecule has 0 radical (unpaired) electrons. The zero-order valence-electron chi connectivity index (χ0n) is 9.96. The number of nitrogens with one attached hydrogen (secondary N) is 1. The average molecular weight is 209 g/mol. The van der Waals surface area contributed by atoms with E-state index in [2.05, 4.69) is 24.4 Å². The van der Waals surface area contributed by atoms with Gasteiger partial charge in [0.15, 0.2) is 0 Å². The predicted octanol–water partition coefficient (Wildman–Crippen LogP) is 2.36. The SMILES string of the molecule is CCN[C@@]12CC/C=C\CC[C@@H]1[C@@H]2COC. The third-order valence-corrected chi connectivity index (χ3v) is 4.09. The molecule has 0 bridgehead atoms. The molecule has 1 N–H and O–H groups in total. The van der Waals surface area contributed by atoms with Gasteiger partial charge in [0.2, 0.25) is 0 Å². The van der Waals surface area contributed by atoms with Gasteiger partial charge in [-0.1, -0.05) is 19.1 Å². The van der Waals surface area contributed by atoms with Crippen LogP contribution >= 0.6 is 0 Å². The highest BCUT2D eigenvalue weighted by Gasteiger charge is 2.62. The van der Waals surface area contributed by atoms with Gasteiger partial charge in [-0.2, -0.15) is 0 Å². The van der Waals surface area contributed by atoms with Crippen LogP contribution in [0.2, 0.25) is 0 Å². The number of allylic oxidation sites excluding steroid dienone is 2. The highest BCUT2D eigenvalue weighted by atomic mass is 16.5. The van der Waals surface area contributed by atoms with Crippen LogP contribution in [0, 0.1) is 11.8 Å². The highest BCUT2D eigenvalue weighted by Crippen LogP contribution is 2.56. The molecule has 2 heteroatoms. The summed E-state index contributed by atoms with van der Waals surface area (Å²) in [5.74, 6) is 1.60. The molecule has 0 spiro atoms. The number of ether oxygens (including phenoxy) is 1. The molecule has 0 amide bonds. The van der Waals surface area contributed by atoms with Crippen molar-refractivity contribution >= 4 is 0 Å². The molecule has 3 atom stereocenters. The van der Waals surface area contributed by atoms with E-state index >= 15 is 0 Å². The molecule has 1 fully saturated rings. The summed E-state index contributed by atoms with van der Waals surface area (Å²) < 4.78 is 5.35. The second-order valence-electron chi connectivity index (χ2n) is 4.83. The van der Waals surface area contributed by atoms with Crippen molar-refractivity contribution in [1.29, 1.82) is 0 Å². The van der Waals surface area contributed by atoms with E-state index in [0.29, 0.717) is 5.54 Å². The summed E-state index contributed by atoms with van der Waals surface area (Å²) in [6.45, 7) is 4.22. The Hall–Kier alpha value is -0.340. The van der Waals surface area contributed by atoms with Gasteiger partial charge in [0.05, 0.1) is 6.61 Å². The Morgan fingerprint density at radius 1 is 1.40 bits per heavy atom. The topological polar surface area (TPSA) is 21.3 Å². The molecule has 0 heterocycles. The summed E-state index contributed by atoms with van der Waals surface area (Å²) in [4.78, 5) is 0. The van der Waals surface area contributed by atoms with Crippen molar-refractivity contribution in [3.63, 3.8) is 0 Å². The lowest BCUT2D eigenvalue weighted by molar-refractivity contribution is 0.171. The molecule has 0 saturated heterocycles. The third-order valence-electron chi connectivity index (χ3n) is 4.09. The number of methoxy groups -OCH3 is 1. The third kappa shape index (κ3) is 1.98. The normalized spacial score (nSPS) is 41.5. The average Bonchev–Trinajstić information content (AvgIpc) is 2.74. The van der Waals surface area contributed by atoms with Crippen molar-refractivity contribution in [1.82, 2.24) is 5.32 Å². The van der Waals surface area contributed by atoms with E-state index in [1.165, 1.54) is 25.7 Å². The van der Waals surface area contributed by atoms with E-state index in [4.69, 9.17) is 4.74 Å². The standard InChI is InChI=1S/C13H23NO/c1-3-14-13-9-7-5-4-6-8-11(13)12(13)10-15-2/h4-5,11-12,14H,3,6-10H2,1-2H3/b5-4-/t11-,12+,13+/m1/s1. The van der Waals surface area contributed by atoms with Crippen LogP contribution in [0.1, 0.15) is 32.6 Å². The zero-order valence-corrected chi connectivity index (χ0v) is 9.96. The van der Waals surface area contributed by atoms with E-state index in [9.17, 15) is 0 Å². The molecular weight excluding hydrogens is 186 g/mol. The largest absolute Gasteiger partial charge is 0.384 e. The molecular formula is C13H23NO. The lowest BCUT2D eigenvalue weighted by atomic mass is 10.0. The summed E-state index contributed by atoms with van der Waals surface area (Å²) in [5.41, 5.74) is 0.412. The van der Waals surface area contributed by atoms with Crippen LogP contribution in [0.4, 0.5) is 0 Å². The van der Waals surface area contributed by atoms with Gasteiger partial charge in [-0.3, -0.25) is 0 Å². The van der Waals surface area contributed by atoms with E-state index in [1.807, 2.05) is 7.11 Å². The van der Waals surface area contributed by atoms with Crippen LogP contribution in [-0.4, -0.2) is 25.8 Å². The first-order valence-electron chi connectivity index (χ1n) is 6.24. The Morgan fingerprint density at radius 2 is 2.20 bits per heavy atom. The zero-order chi connectivity index (χ0) is 10.7. The molecule has 0 aromatic heterocycles. The van der Waals surface area contributed by atoms with Crippen molar-refractivity contribution < 1.29 is 4.74 Å². The van der Waals surface area contributed by atoms with Gasteiger partial charge in [0.25, 0.3) is 0 Å². The minimum atomic E-state index is 0.412. The van der Waals surface area contributed by atoms with Crippen LogP contribution in [0.3, 0.4) is 0 Å².